The minimum atomic E-state index is 0.647. The van der Waals surface area contributed by atoms with Gasteiger partial charge in [0.25, 0.3) is 0 Å². The average Bonchev–Trinajstić information content (AvgIpc) is 2.45. The first-order valence-corrected chi connectivity index (χ1v) is 7.95. The van der Waals surface area contributed by atoms with E-state index < -0.39 is 0 Å². The minimum absolute atomic E-state index is 0.647. The highest BCUT2D eigenvalue weighted by Crippen LogP contribution is 2.30. The number of anilines is 2. The fraction of sp³-hybridized carbons (Fsp3) is 0.647. The summed E-state index contributed by atoms with van der Waals surface area (Å²) in [4.78, 5) is 0. The fourth-order valence-electron chi connectivity index (χ4n) is 2.96. The summed E-state index contributed by atoms with van der Waals surface area (Å²) in [6, 6.07) is 5.94. The smallest absolute Gasteiger partial charge is 0.144 e. The molecule has 0 unspecified atom stereocenters. The first-order chi connectivity index (χ1) is 9.69. The third-order valence-electron chi connectivity index (χ3n) is 4.33. The molecule has 3 nitrogen and oxygen atoms in total. The number of nitrogens with two attached hydrogens (primary N) is 1. The molecule has 1 fully saturated rings. The van der Waals surface area contributed by atoms with Crippen molar-refractivity contribution in [2.45, 2.75) is 46.0 Å². The van der Waals surface area contributed by atoms with Crippen molar-refractivity contribution in [2.24, 2.45) is 11.8 Å². The summed E-state index contributed by atoms with van der Waals surface area (Å²) in [6.07, 6.45) is 6.87. The number of rotatable bonds is 6. The molecule has 2 rings (SSSR count). The summed E-state index contributed by atoms with van der Waals surface area (Å²) in [6.45, 7) is 6.03. The molecule has 0 radical (unpaired) electrons. The quantitative estimate of drug-likeness (QED) is 0.762. The molecule has 0 atom stereocenters. The molecule has 0 spiro atoms. The lowest BCUT2D eigenvalue weighted by molar-refractivity contribution is 0.282. The van der Waals surface area contributed by atoms with Crippen molar-refractivity contribution in [3.05, 3.63) is 18.2 Å². The lowest BCUT2D eigenvalue weighted by Gasteiger charge is -2.26. The molecule has 0 saturated heterocycles. The van der Waals surface area contributed by atoms with Gasteiger partial charge < -0.3 is 15.8 Å². The lowest BCUT2D eigenvalue weighted by atomic mass is 9.81. The zero-order valence-corrected chi connectivity index (χ0v) is 12.8. The Balaban J connectivity index is 1.77. The number of benzene rings is 1. The topological polar surface area (TPSA) is 47.3 Å². The second kappa shape index (κ2) is 7.41. The third kappa shape index (κ3) is 4.32. The molecule has 1 aliphatic rings. The Bertz CT molecular complexity index is 411. The van der Waals surface area contributed by atoms with E-state index in [0.29, 0.717) is 12.3 Å². The molecule has 1 aromatic rings. The van der Waals surface area contributed by atoms with E-state index >= 15 is 0 Å². The van der Waals surface area contributed by atoms with Crippen LogP contribution in [0.2, 0.25) is 0 Å². The Morgan fingerprint density at radius 3 is 2.70 bits per heavy atom. The van der Waals surface area contributed by atoms with Gasteiger partial charge in [-0.1, -0.05) is 32.6 Å². The normalized spacial score (nSPS) is 22.5. The van der Waals surface area contributed by atoms with Gasteiger partial charge in [0.2, 0.25) is 0 Å². The molecule has 0 amide bonds. The minimum Gasteiger partial charge on any atom is -0.492 e. The first kappa shape index (κ1) is 15.0. The lowest BCUT2D eigenvalue weighted by Crippen LogP contribution is -2.15. The van der Waals surface area contributed by atoms with Gasteiger partial charge in [0.1, 0.15) is 5.75 Å². The molecule has 3 N–H and O–H groups in total. The van der Waals surface area contributed by atoms with Gasteiger partial charge in [0.15, 0.2) is 0 Å². The van der Waals surface area contributed by atoms with E-state index in [9.17, 15) is 0 Å². The van der Waals surface area contributed by atoms with Crippen molar-refractivity contribution in [1.29, 1.82) is 0 Å². The Hall–Kier alpha value is -1.38. The van der Waals surface area contributed by atoms with Crippen molar-refractivity contribution in [3.63, 3.8) is 0 Å². The monoisotopic (exact) mass is 276 g/mol. The van der Waals surface area contributed by atoms with E-state index in [0.717, 1.165) is 29.8 Å². The third-order valence-corrected chi connectivity index (χ3v) is 4.33. The second-order valence-corrected chi connectivity index (χ2v) is 6.03. The summed E-state index contributed by atoms with van der Waals surface area (Å²) >= 11 is 0. The summed E-state index contributed by atoms with van der Waals surface area (Å²) in [5.74, 6) is 2.62. The molecule has 20 heavy (non-hydrogen) atoms. The SMILES string of the molecule is CCOc1cc(NCCC2CCC(C)CC2)ccc1N. The highest BCUT2D eigenvalue weighted by molar-refractivity contribution is 5.61. The number of nitrogens with one attached hydrogen (secondary N) is 1. The molecule has 0 bridgehead atoms. The first-order valence-electron chi connectivity index (χ1n) is 7.95. The van der Waals surface area contributed by atoms with Gasteiger partial charge in [-0.05, 0) is 37.3 Å². The molecular weight excluding hydrogens is 248 g/mol. The summed E-state index contributed by atoms with van der Waals surface area (Å²) in [5.41, 5.74) is 7.69. The van der Waals surface area contributed by atoms with Crippen LogP contribution in [0, 0.1) is 11.8 Å². The highest BCUT2D eigenvalue weighted by atomic mass is 16.5. The molecule has 0 heterocycles. The average molecular weight is 276 g/mol. The van der Waals surface area contributed by atoms with Crippen molar-refractivity contribution < 1.29 is 4.74 Å². The standard InChI is InChI=1S/C17H28N2O/c1-3-20-17-12-15(8-9-16(17)18)19-11-10-14-6-4-13(2)5-7-14/h8-9,12-14,19H,3-7,10-11,18H2,1-2H3. The van der Waals surface area contributed by atoms with E-state index in [1.165, 1.54) is 32.1 Å². The van der Waals surface area contributed by atoms with Crippen LogP contribution < -0.4 is 15.8 Å². The van der Waals surface area contributed by atoms with Gasteiger partial charge in [-0.15, -0.1) is 0 Å². The molecule has 1 saturated carbocycles. The Morgan fingerprint density at radius 2 is 2.00 bits per heavy atom. The zero-order valence-electron chi connectivity index (χ0n) is 12.8. The van der Waals surface area contributed by atoms with E-state index in [4.69, 9.17) is 10.5 Å². The van der Waals surface area contributed by atoms with Crippen LogP contribution in [-0.4, -0.2) is 13.2 Å². The number of hydrogen-bond donors (Lipinski definition) is 2. The maximum atomic E-state index is 5.88. The van der Waals surface area contributed by atoms with Crippen LogP contribution in [0.15, 0.2) is 18.2 Å². The Morgan fingerprint density at radius 1 is 1.25 bits per heavy atom. The largest absolute Gasteiger partial charge is 0.492 e. The molecule has 3 heteroatoms. The highest BCUT2D eigenvalue weighted by Gasteiger charge is 2.17. The van der Waals surface area contributed by atoms with Gasteiger partial charge in [-0.25, -0.2) is 0 Å². The maximum absolute atomic E-state index is 5.88. The molecule has 0 aromatic heterocycles. The molecular formula is C17H28N2O. The summed E-state index contributed by atoms with van der Waals surface area (Å²) in [7, 11) is 0. The maximum Gasteiger partial charge on any atom is 0.144 e. The predicted octanol–water partition coefficient (Wildman–Crippen LogP) is 4.30. The molecule has 1 aliphatic carbocycles. The van der Waals surface area contributed by atoms with E-state index in [1.807, 2.05) is 25.1 Å². The van der Waals surface area contributed by atoms with Crippen molar-refractivity contribution in [2.75, 3.05) is 24.2 Å². The van der Waals surface area contributed by atoms with Crippen molar-refractivity contribution >= 4 is 11.4 Å². The van der Waals surface area contributed by atoms with Crippen LogP contribution in [0.3, 0.4) is 0 Å². The summed E-state index contributed by atoms with van der Waals surface area (Å²) in [5, 5.41) is 3.49. The van der Waals surface area contributed by atoms with Gasteiger partial charge in [0, 0.05) is 18.3 Å². The van der Waals surface area contributed by atoms with Crippen LogP contribution in [0.4, 0.5) is 11.4 Å². The number of nitrogen functional groups attached to an aromatic ring is 1. The second-order valence-electron chi connectivity index (χ2n) is 6.03. The van der Waals surface area contributed by atoms with E-state index in [2.05, 4.69) is 12.2 Å². The van der Waals surface area contributed by atoms with Gasteiger partial charge >= 0.3 is 0 Å². The van der Waals surface area contributed by atoms with Crippen molar-refractivity contribution in [1.82, 2.24) is 0 Å². The van der Waals surface area contributed by atoms with Gasteiger partial charge in [0.05, 0.1) is 12.3 Å². The van der Waals surface area contributed by atoms with Crippen LogP contribution in [-0.2, 0) is 0 Å². The van der Waals surface area contributed by atoms with Gasteiger partial charge in [-0.3, -0.25) is 0 Å². The van der Waals surface area contributed by atoms with Crippen LogP contribution in [0.25, 0.3) is 0 Å². The molecule has 0 aliphatic heterocycles. The van der Waals surface area contributed by atoms with Crippen molar-refractivity contribution in [3.8, 4) is 5.75 Å². The summed E-state index contributed by atoms with van der Waals surface area (Å²) < 4.78 is 5.52. The number of ether oxygens (including phenoxy) is 1. The van der Waals surface area contributed by atoms with E-state index in [1.54, 1.807) is 0 Å². The Kier molecular flexibility index (Phi) is 5.57. The van der Waals surface area contributed by atoms with Crippen LogP contribution in [0.5, 0.6) is 5.75 Å². The molecule has 112 valence electrons. The van der Waals surface area contributed by atoms with Crippen LogP contribution >= 0.6 is 0 Å². The predicted molar refractivity (Wildman–Crippen MR) is 86.3 cm³/mol. The Labute approximate surface area is 122 Å². The van der Waals surface area contributed by atoms with Gasteiger partial charge in [-0.2, -0.15) is 0 Å². The number of hydrogen-bond acceptors (Lipinski definition) is 3. The van der Waals surface area contributed by atoms with Crippen LogP contribution in [0.1, 0.15) is 46.0 Å². The fourth-order valence-corrected chi connectivity index (χ4v) is 2.96. The molecule has 1 aromatic carbocycles. The zero-order chi connectivity index (χ0) is 14.4. The van der Waals surface area contributed by atoms with E-state index in [-0.39, 0.29) is 0 Å².